The first-order valence-electron chi connectivity index (χ1n) is 8.88. The lowest BCUT2D eigenvalue weighted by molar-refractivity contribution is -0.165. The average Bonchev–Trinajstić information content (AvgIpc) is 2.69. The fourth-order valence-electron chi connectivity index (χ4n) is 2.37. The van der Waals surface area contributed by atoms with E-state index >= 15 is 0 Å². The molecule has 29 heavy (non-hydrogen) atoms. The van der Waals surface area contributed by atoms with E-state index in [1.54, 1.807) is 0 Å². The SMILES string of the molecule is CCCOC(=O)C(Cc1ccc(O)c(O)c1)OC(=O)/C=C/c1ccc(O)c(O)c1. The number of esters is 2. The highest BCUT2D eigenvalue weighted by molar-refractivity contribution is 5.89. The maximum absolute atomic E-state index is 12.3. The second kappa shape index (κ2) is 10.0. The molecule has 0 bridgehead atoms. The number of aromatic hydroxyl groups is 4. The molecule has 0 fully saturated rings. The first-order chi connectivity index (χ1) is 13.8. The third-order valence-electron chi connectivity index (χ3n) is 3.84. The Labute approximate surface area is 167 Å². The maximum atomic E-state index is 12.3. The van der Waals surface area contributed by atoms with E-state index in [2.05, 4.69) is 0 Å². The fourth-order valence-corrected chi connectivity index (χ4v) is 2.37. The number of ether oxygens (including phenoxy) is 2. The van der Waals surface area contributed by atoms with Gasteiger partial charge in [-0.15, -0.1) is 0 Å². The largest absolute Gasteiger partial charge is 0.504 e. The van der Waals surface area contributed by atoms with E-state index in [1.807, 2.05) is 6.92 Å². The van der Waals surface area contributed by atoms with Crippen LogP contribution < -0.4 is 0 Å². The maximum Gasteiger partial charge on any atom is 0.347 e. The quantitative estimate of drug-likeness (QED) is 0.301. The highest BCUT2D eigenvalue weighted by Crippen LogP contribution is 2.26. The number of hydrogen-bond acceptors (Lipinski definition) is 8. The van der Waals surface area contributed by atoms with Crippen LogP contribution in [0.1, 0.15) is 24.5 Å². The van der Waals surface area contributed by atoms with Gasteiger partial charge in [0.15, 0.2) is 23.0 Å². The van der Waals surface area contributed by atoms with Crippen LogP contribution in [0.2, 0.25) is 0 Å². The smallest absolute Gasteiger partial charge is 0.347 e. The molecule has 0 aliphatic heterocycles. The molecular weight excluding hydrogens is 380 g/mol. The van der Waals surface area contributed by atoms with Crippen molar-refractivity contribution >= 4 is 18.0 Å². The van der Waals surface area contributed by atoms with E-state index < -0.39 is 18.0 Å². The van der Waals surface area contributed by atoms with Gasteiger partial charge in [-0.05, 0) is 47.9 Å². The van der Waals surface area contributed by atoms with Crippen molar-refractivity contribution < 1.29 is 39.5 Å². The summed E-state index contributed by atoms with van der Waals surface area (Å²) in [5.41, 5.74) is 0.893. The topological polar surface area (TPSA) is 134 Å². The molecular formula is C21H22O8. The number of benzene rings is 2. The molecule has 1 atom stereocenters. The summed E-state index contributed by atoms with van der Waals surface area (Å²) in [7, 11) is 0. The first kappa shape index (κ1) is 21.6. The van der Waals surface area contributed by atoms with Crippen LogP contribution in [0.3, 0.4) is 0 Å². The van der Waals surface area contributed by atoms with Crippen molar-refractivity contribution in [3.8, 4) is 23.0 Å². The molecule has 0 aliphatic rings. The molecule has 0 aliphatic carbocycles. The van der Waals surface area contributed by atoms with Crippen LogP contribution in [0.5, 0.6) is 23.0 Å². The van der Waals surface area contributed by atoms with Crippen LogP contribution in [0.15, 0.2) is 42.5 Å². The number of phenolic OH excluding ortho intramolecular Hbond substituents is 4. The molecule has 8 nitrogen and oxygen atoms in total. The zero-order valence-corrected chi connectivity index (χ0v) is 15.7. The van der Waals surface area contributed by atoms with Crippen LogP contribution >= 0.6 is 0 Å². The van der Waals surface area contributed by atoms with Crippen LogP contribution in [-0.2, 0) is 25.5 Å². The lowest BCUT2D eigenvalue weighted by atomic mass is 10.1. The first-order valence-corrected chi connectivity index (χ1v) is 8.88. The van der Waals surface area contributed by atoms with Crippen LogP contribution in [0.4, 0.5) is 0 Å². The number of hydrogen-bond donors (Lipinski definition) is 4. The molecule has 0 aromatic heterocycles. The van der Waals surface area contributed by atoms with Crippen molar-refractivity contribution in [2.75, 3.05) is 6.61 Å². The minimum absolute atomic E-state index is 0.0596. The van der Waals surface area contributed by atoms with Crippen LogP contribution in [0.25, 0.3) is 6.08 Å². The summed E-state index contributed by atoms with van der Waals surface area (Å²) in [4.78, 5) is 24.4. The Morgan fingerprint density at radius 3 is 2.24 bits per heavy atom. The summed E-state index contributed by atoms with van der Waals surface area (Å²) in [6, 6.07) is 8.01. The molecule has 8 heteroatoms. The van der Waals surface area contributed by atoms with Gasteiger partial charge in [0.2, 0.25) is 6.10 Å². The highest BCUT2D eigenvalue weighted by atomic mass is 16.6. The molecule has 0 radical (unpaired) electrons. The highest BCUT2D eigenvalue weighted by Gasteiger charge is 2.24. The summed E-state index contributed by atoms with van der Waals surface area (Å²) < 4.78 is 10.3. The molecule has 0 saturated carbocycles. The zero-order chi connectivity index (χ0) is 21.4. The van der Waals surface area contributed by atoms with Crippen molar-refractivity contribution in [1.82, 2.24) is 0 Å². The lowest BCUT2D eigenvalue weighted by Gasteiger charge is -2.16. The molecule has 0 amide bonds. The summed E-state index contributed by atoms with van der Waals surface area (Å²) in [6.07, 6.45) is 1.70. The molecule has 2 aromatic carbocycles. The van der Waals surface area contributed by atoms with Gasteiger partial charge in [-0.1, -0.05) is 19.1 Å². The number of carbonyl (C=O) groups excluding carboxylic acids is 2. The Morgan fingerprint density at radius 2 is 1.62 bits per heavy atom. The van der Waals surface area contributed by atoms with Gasteiger partial charge in [-0.2, -0.15) is 0 Å². The van der Waals surface area contributed by atoms with Crippen molar-refractivity contribution in [2.24, 2.45) is 0 Å². The summed E-state index contributed by atoms with van der Waals surface area (Å²) in [5.74, 6) is -2.85. The Bertz CT molecular complexity index is 904. The Balaban J connectivity index is 2.11. The van der Waals surface area contributed by atoms with Crippen molar-refractivity contribution in [2.45, 2.75) is 25.9 Å². The van der Waals surface area contributed by atoms with E-state index in [1.165, 1.54) is 42.5 Å². The minimum atomic E-state index is -1.25. The van der Waals surface area contributed by atoms with Gasteiger partial charge in [0.25, 0.3) is 0 Å². The molecule has 0 saturated heterocycles. The molecule has 4 N–H and O–H groups in total. The second-order valence-corrected chi connectivity index (χ2v) is 6.20. The standard InChI is InChI=1S/C21H22O8/c1-2-9-28-21(27)19(12-14-4-7-16(23)18(25)11-14)29-20(26)8-5-13-3-6-15(22)17(24)10-13/h3-8,10-11,19,22-25H,2,9,12H2,1H3/b8-5+. The summed E-state index contributed by atoms with van der Waals surface area (Å²) in [5, 5.41) is 37.8. The Kier molecular flexibility index (Phi) is 7.47. The van der Waals surface area contributed by atoms with Gasteiger partial charge in [-0.25, -0.2) is 9.59 Å². The van der Waals surface area contributed by atoms with Crippen molar-refractivity contribution in [3.05, 3.63) is 53.6 Å². The Hall–Kier alpha value is -3.68. The zero-order valence-electron chi connectivity index (χ0n) is 15.7. The third-order valence-corrected chi connectivity index (χ3v) is 3.84. The van der Waals surface area contributed by atoms with Crippen LogP contribution in [0, 0.1) is 0 Å². The predicted octanol–water partition coefficient (Wildman–Crippen LogP) is 2.63. The molecule has 0 heterocycles. The predicted molar refractivity (Wildman–Crippen MR) is 103 cm³/mol. The minimum Gasteiger partial charge on any atom is -0.504 e. The van der Waals surface area contributed by atoms with Crippen LogP contribution in [-0.4, -0.2) is 45.1 Å². The van der Waals surface area contributed by atoms with Gasteiger partial charge in [0.05, 0.1) is 6.61 Å². The summed E-state index contributed by atoms with van der Waals surface area (Å²) >= 11 is 0. The van der Waals surface area contributed by atoms with Gasteiger partial charge in [0, 0.05) is 12.5 Å². The van der Waals surface area contributed by atoms with Crippen molar-refractivity contribution in [1.29, 1.82) is 0 Å². The molecule has 2 rings (SSSR count). The summed E-state index contributed by atoms with van der Waals surface area (Å²) in [6.45, 7) is 1.98. The van der Waals surface area contributed by atoms with Gasteiger partial charge < -0.3 is 29.9 Å². The number of phenols is 4. The van der Waals surface area contributed by atoms with E-state index in [9.17, 15) is 30.0 Å². The Morgan fingerprint density at radius 1 is 0.966 bits per heavy atom. The van der Waals surface area contributed by atoms with E-state index in [4.69, 9.17) is 9.47 Å². The van der Waals surface area contributed by atoms with Gasteiger partial charge >= 0.3 is 11.9 Å². The second-order valence-electron chi connectivity index (χ2n) is 6.20. The molecule has 2 aromatic rings. The van der Waals surface area contributed by atoms with E-state index in [0.29, 0.717) is 17.5 Å². The number of rotatable bonds is 8. The molecule has 0 spiro atoms. The normalized spacial score (nSPS) is 11.9. The van der Waals surface area contributed by atoms with Gasteiger partial charge in [0.1, 0.15) is 0 Å². The van der Waals surface area contributed by atoms with Crippen molar-refractivity contribution in [3.63, 3.8) is 0 Å². The van der Waals surface area contributed by atoms with E-state index in [-0.39, 0.29) is 36.0 Å². The fraction of sp³-hybridized carbons (Fsp3) is 0.238. The average molecular weight is 402 g/mol. The third kappa shape index (κ3) is 6.46. The lowest BCUT2D eigenvalue weighted by Crippen LogP contribution is -2.31. The molecule has 154 valence electrons. The number of carbonyl (C=O) groups is 2. The van der Waals surface area contributed by atoms with E-state index in [0.717, 1.165) is 6.08 Å². The van der Waals surface area contributed by atoms with Gasteiger partial charge in [-0.3, -0.25) is 0 Å². The monoisotopic (exact) mass is 402 g/mol. The molecule has 1 unspecified atom stereocenters.